The van der Waals surface area contributed by atoms with E-state index in [0.717, 1.165) is 19.4 Å². The van der Waals surface area contributed by atoms with Crippen LogP contribution in [0.15, 0.2) is 12.4 Å². The molecule has 1 aromatic heterocycles. The number of nitrogens with zero attached hydrogens (tertiary/aromatic N) is 4. The number of nitriles is 1. The Balaban J connectivity index is 2.33. The van der Waals surface area contributed by atoms with Crippen molar-refractivity contribution in [3.63, 3.8) is 0 Å². The van der Waals surface area contributed by atoms with E-state index in [1.165, 1.54) is 6.20 Å². The van der Waals surface area contributed by atoms with E-state index in [2.05, 4.69) is 20.9 Å². The maximum absolute atomic E-state index is 8.93. The van der Waals surface area contributed by atoms with E-state index in [1.807, 2.05) is 0 Å². The number of rotatable bonds is 2. The van der Waals surface area contributed by atoms with E-state index in [0.29, 0.717) is 24.1 Å². The summed E-state index contributed by atoms with van der Waals surface area (Å²) in [5.74, 6) is 0.674. The van der Waals surface area contributed by atoms with Crippen LogP contribution in [-0.2, 0) is 0 Å². The molecule has 2 N–H and O–H groups in total. The SMILES string of the molecule is N#Cc1nccnc1N1CCCC1CN. The van der Waals surface area contributed by atoms with Crippen LogP contribution in [0, 0.1) is 11.3 Å². The second-order valence-corrected chi connectivity index (χ2v) is 3.57. The third-order valence-electron chi connectivity index (χ3n) is 2.71. The summed E-state index contributed by atoms with van der Waals surface area (Å²) < 4.78 is 0. The van der Waals surface area contributed by atoms with Gasteiger partial charge >= 0.3 is 0 Å². The summed E-state index contributed by atoms with van der Waals surface area (Å²) >= 11 is 0. The molecule has 0 amide bonds. The molecule has 2 heterocycles. The van der Waals surface area contributed by atoms with Crippen LogP contribution in [0.2, 0.25) is 0 Å². The molecule has 1 aromatic rings. The van der Waals surface area contributed by atoms with Crippen LogP contribution in [0.1, 0.15) is 18.5 Å². The van der Waals surface area contributed by atoms with Gasteiger partial charge in [-0.1, -0.05) is 0 Å². The first-order chi connectivity index (χ1) is 7.36. The van der Waals surface area contributed by atoms with Gasteiger partial charge in [-0.05, 0) is 12.8 Å². The Kier molecular flexibility index (Phi) is 2.79. The molecule has 1 fully saturated rings. The molecule has 1 saturated heterocycles. The molecular formula is C10H13N5. The largest absolute Gasteiger partial charge is 0.350 e. The summed E-state index contributed by atoms with van der Waals surface area (Å²) in [6.07, 6.45) is 5.32. The summed E-state index contributed by atoms with van der Waals surface area (Å²) in [6.45, 7) is 1.51. The highest BCUT2D eigenvalue weighted by molar-refractivity contribution is 5.51. The molecule has 1 unspecified atom stereocenters. The number of aromatic nitrogens is 2. The minimum absolute atomic E-state index is 0.300. The smallest absolute Gasteiger partial charge is 0.183 e. The average molecular weight is 203 g/mol. The third-order valence-corrected chi connectivity index (χ3v) is 2.71. The highest BCUT2D eigenvalue weighted by atomic mass is 15.2. The zero-order chi connectivity index (χ0) is 10.7. The molecule has 0 bridgehead atoms. The Morgan fingerprint density at radius 1 is 1.53 bits per heavy atom. The van der Waals surface area contributed by atoms with Crippen LogP contribution in [0.5, 0.6) is 0 Å². The maximum Gasteiger partial charge on any atom is 0.183 e. The predicted molar refractivity (Wildman–Crippen MR) is 56.2 cm³/mol. The number of anilines is 1. The second kappa shape index (κ2) is 4.24. The van der Waals surface area contributed by atoms with Gasteiger partial charge in [0.05, 0.1) is 0 Å². The van der Waals surface area contributed by atoms with Gasteiger partial charge in [0.1, 0.15) is 6.07 Å². The molecule has 0 aromatic carbocycles. The highest BCUT2D eigenvalue weighted by Crippen LogP contribution is 2.24. The molecule has 0 aliphatic carbocycles. The van der Waals surface area contributed by atoms with E-state index in [9.17, 15) is 0 Å². The molecule has 5 nitrogen and oxygen atoms in total. The van der Waals surface area contributed by atoms with Crippen molar-refractivity contribution >= 4 is 5.82 Å². The van der Waals surface area contributed by atoms with Gasteiger partial charge in [-0.25, -0.2) is 9.97 Å². The lowest BCUT2D eigenvalue weighted by molar-refractivity contribution is 0.669. The highest BCUT2D eigenvalue weighted by Gasteiger charge is 2.26. The molecule has 0 radical (unpaired) electrons. The summed E-state index contributed by atoms with van der Waals surface area (Å²) in [5, 5.41) is 8.93. The number of hydrogen-bond acceptors (Lipinski definition) is 5. The van der Waals surface area contributed by atoms with E-state index in [-0.39, 0.29) is 0 Å². The van der Waals surface area contributed by atoms with E-state index < -0.39 is 0 Å². The fourth-order valence-electron chi connectivity index (χ4n) is 1.98. The van der Waals surface area contributed by atoms with Gasteiger partial charge < -0.3 is 10.6 Å². The molecule has 15 heavy (non-hydrogen) atoms. The Labute approximate surface area is 88.5 Å². The van der Waals surface area contributed by atoms with Crippen LogP contribution < -0.4 is 10.6 Å². The lowest BCUT2D eigenvalue weighted by Crippen LogP contribution is -2.36. The third kappa shape index (κ3) is 1.76. The molecule has 5 heteroatoms. The first-order valence-corrected chi connectivity index (χ1v) is 5.04. The van der Waals surface area contributed by atoms with Gasteiger partial charge in [0.25, 0.3) is 0 Å². The average Bonchev–Trinajstić information content (AvgIpc) is 2.76. The molecule has 1 atom stereocenters. The van der Waals surface area contributed by atoms with E-state index in [1.54, 1.807) is 6.20 Å². The van der Waals surface area contributed by atoms with Crippen molar-refractivity contribution in [1.29, 1.82) is 5.26 Å². The van der Waals surface area contributed by atoms with Gasteiger partial charge in [0, 0.05) is 31.5 Å². The van der Waals surface area contributed by atoms with Crippen LogP contribution in [0.3, 0.4) is 0 Å². The second-order valence-electron chi connectivity index (χ2n) is 3.57. The van der Waals surface area contributed by atoms with Crippen molar-refractivity contribution in [2.75, 3.05) is 18.0 Å². The Hall–Kier alpha value is -1.67. The van der Waals surface area contributed by atoms with Gasteiger partial charge in [-0.15, -0.1) is 0 Å². The van der Waals surface area contributed by atoms with E-state index in [4.69, 9.17) is 11.0 Å². The molecule has 2 rings (SSSR count). The Morgan fingerprint density at radius 2 is 2.33 bits per heavy atom. The van der Waals surface area contributed by atoms with Crippen LogP contribution >= 0.6 is 0 Å². The van der Waals surface area contributed by atoms with Gasteiger partial charge in [0.2, 0.25) is 0 Å². The Morgan fingerprint density at radius 3 is 3.07 bits per heavy atom. The zero-order valence-electron chi connectivity index (χ0n) is 8.43. The molecule has 1 aliphatic rings. The predicted octanol–water partition coefficient (Wildman–Crippen LogP) is 0.276. The normalized spacial score (nSPS) is 20.3. The topological polar surface area (TPSA) is 78.8 Å². The summed E-state index contributed by atoms with van der Waals surface area (Å²) in [5.41, 5.74) is 6.07. The first kappa shape index (κ1) is 9.87. The van der Waals surface area contributed by atoms with Crippen LogP contribution in [-0.4, -0.2) is 29.1 Å². The van der Waals surface area contributed by atoms with Crippen molar-refractivity contribution < 1.29 is 0 Å². The fourth-order valence-corrected chi connectivity index (χ4v) is 1.98. The van der Waals surface area contributed by atoms with Crippen LogP contribution in [0.25, 0.3) is 0 Å². The number of hydrogen-bond donors (Lipinski definition) is 1. The first-order valence-electron chi connectivity index (χ1n) is 5.04. The van der Waals surface area contributed by atoms with Crippen molar-refractivity contribution in [1.82, 2.24) is 9.97 Å². The Bertz CT molecular complexity index is 384. The van der Waals surface area contributed by atoms with Crippen molar-refractivity contribution in [3.8, 4) is 6.07 Å². The van der Waals surface area contributed by atoms with Crippen molar-refractivity contribution in [2.45, 2.75) is 18.9 Å². The minimum atomic E-state index is 0.300. The minimum Gasteiger partial charge on any atom is -0.350 e. The van der Waals surface area contributed by atoms with Crippen molar-refractivity contribution in [2.24, 2.45) is 5.73 Å². The lowest BCUT2D eigenvalue weighted by Gasteiger charge is -2.24. The molecule has 0 saturated carbocycles. The van der Waals surface area contributed by atoms with Gasteiger partial charge in [-0.2, -0.15) is 5.26 Å². The van der Waals surface area contributed by atoms with Gasteiger partial charge in [-0.3, -0.25) is 0 Å². The zero-order valence-corrected chi connectivity index (χ0v) is 8.43. The standard InChI is InChI=1S/C10H13N5/c11-6-8-2-1-5-15(8)10-9(7-12)13-3-4-14-10/h3-4,8H,1-2,5-6,11H2. The molecule has 78 valence electrons. The monoisotopic (exact) mass is 203 g/mol. The quantitative estimate of drug-likeness (QED) is 0.746. The molecule has 1 aliphatic heterocycles. The molecule has 0 spiro atoms. The molecular weight excluding hydrogens is 190 g/mol. The summed E-state index contributed by atoms with van der Waals surface area (Å²) in [6, 6.07) is 2.36. The van der Waals surface area contributed by atoms with Gasteiger partial charge in [0.15, 0.2) is 11.5 Å². The number of nitrogens with two attached hydrogens (primary N) is 1. The van der Waals surface area contributed by atoms with Crippen LogP contribution in [0.4, 0.5) is 5.82 Å². The fraction of sp³-hybridized carbons (Fsp3) is 0.500. The van der Waals surface area contributed by atoms with Crippen molar-refractivity contribution in [3.05, 3.63) is 18.1 Å². The van der Waals surface area contributed by atoms with E-state index >= 15 is 0 Å². The lowest BCUT2D eigenvalue weighted by atomic mass is 10.2. The maximum atomic E-state index is 8.93. The summed E-state index contributed by atoms with van der Waals surface area (Å²) in [4.78, 5) is 10.3. The summed E-state index contributed by atoms with van der Waals surface area (Å²) in [7, 11) is 0.